The standard InChI is InChI=1S/C23H27F3N4O2/c24-19-11-20(25)22(21(26)12-19)32-15-16-2-9-30(10-3-16)23(31)18-4-7-29(8-5-18)14-17-1-6-27-28-13-17/h1,6,11-13,16,18H,2-5,7-10,14-15H2. The van der Waals surface area contributed by atoms with Crippen molar-refractivity contribution in [2.24, 2.45) is 11.8 Å². The molecule has 0 bridgehead atoms. The van der Waals surface area contributed by atoms with Crippen LogP contribution in [0.3, 0.4) is 0 Å². The Morgan fingerprint density at radius 1 is 1.00 bits per heavy atom. The second-order valence-corrected chi connectivity index (χ2v) is 8.58. The number of halogens is 3. The summed E-state index contributed by atoms with van der Waals surface area (Å²) in [6, 6.07) is 3.18. The molecule has 2 aliphatic heterocycles. The average Bonchev–Trinajstić information content (AvgIpc) is 2.79. The normalized spacial score (nSPS) is 18.7. The molecule has 0 spiro atoms. The number of aromatic nitrogens is 2. The van der Waals surface area contributed by atoms with Crippen LogP contribution in [0, 0.1) is 29.3 Å². The van der Waals surface area contributed by atoms with Crippen molar-refractivity contribution < 1.29 is 22.7 Å². The molecule has 3 heterocycles. The van der Waals surface area contributed by atoms with Gasteiger partial charge in [-0.1, -0.05) is 0 Å². The van der Waals surface area contributed by atoms with Crippen LogP contribution in [0.25, 0.3) is 0 Å². The van der Waals surface area contributed by atoms with Crippen molar-refractivity contribution in [1.82, 2.24) is 20.0 Å². The van der Waals surface area contributed by atoms with E-state index in [9.17, 15) is 18.0 Å². The van der Waals surface area contributed by atoms with Crippen LogP contribution >= 0.6 is 0 Å². The summed E-state index contributed by atoms with van der Waals surface area (Å²) in [6.45, 7) is 3.94. The third-order valence-corrected chi connectivity index (χ3v) is 6.34. The second-order valence-electron chi connectivity index (χ2n) is 8.58. The first-order chi connectivity index (χ1) is 15.5. The number of amides is 1. The molecule has 2 saturated heterocycles. The van der Waals surface area contributed by atoms with Crippen LogP contribution in [0.5, 0.6) is 5.75 Å². The first-order valence-corrected chi connectivity index (χ1v) is 11.0. The highest BCUT2D eigenvalue weighted by atomic mass is 19.1. The highest BCUT2D eigenvalue weighted by Gasteiger charge is 2.31. The van der Waals surface area contributed by atoms with Crippen LogP contribution in [-0.4, -0.2) is 58.7 Å². The van der Waals surface area contributed by atoms with Crippen LogP contribution in [0.2, 0.25) is 0 Å². The molecule has 0 N–H and O–H groups in total. The summed E-state index contributed by atoms with van der Waals surface area (Å²) in [6.07, 6.45) is 6.55. The number of ether oxygens (including phenoxy) is 1. The van der Waals surface area contributed by atoms with Gasteiger partial charge in [0.25, 0.3) is 0 Å². The lowest BCUT2D eigenvalue weighted by Crippen LogP contribution is -2.45. The second kappa shape index (κ2) is 10.3. The van der Waals surface area contributed by atoms with E-state index in [0.717, 1.165) is 38.0 Å². The maximum Gasteiger partial charge on any atom is 0.225 e. The van der Waals surface area contributed by atoms with E-state index in [2.05, 4.69) is 15.1 Å². The summed E-state index contributed by atoms with van der Waals surface area (Å²) in [5.41, 5.74) is 1.12. The van der Waals surface area contributed by atoms with Gasteiger partial charge >= 0.3 is 0 Å². The van der Waals surface area contributed by atoms with E-state index in [1.807, 2.05) is 11.0 Å². The zero-order chi connectivity index (χ0) is 22.5. The van der Waals surface area contributed by atoms with Crippen molar-refractivity contribution >= 4 is 5.91 Å². The highest BCUT2D eigenvalue weighted by molar-refractivity contribution is 5.79. The molecule has 2 fully saturated rings. The molecule has 1 aromatic carbocycles. The molecule has 0 saturated carbocycles. The fourth-order valence-corrected chi connectivity index (χ4v) is 4.45. The molecule has 2 aromatic rings. The number of hydrogen-bond donors (Lipinski definition) is 0. The predicted octanol–water partition coefficient (Wildman–Crippen LogP) is 3.42. The Morgan fingerprint density at radius 3 is 2.31 bits per heavy atom. The Balaban J connectivity index is 1.20. The van der Waals surface area contributed by atoms with E-state index in [-0.39, 0.29) is 24.3 Å². The minimum Gasteiger partial charge on any atom is -0.487 e. The first-order valence-electron chi connectivity index (χ1n) is 11.0. The number of rotatable bonds is 6. The summed E-state index contributed by atoms with van der Waals surface area (Å²) in [5.74, 6) is -3.26. The Kier molecular flexibility index (Phi) is 7.24. The minimum absolute atomic E-state index is 0.0389. The molecule has 32 heavy (non-hydrogen) atoms. The van der Waals surface area contributed by atoms with Crippen molar-refractivity contribution in [1.29, 1.82) is 0 Å². The fraction of sp³-hybridized carbons (Fsp3) is 0.522. The van der Waals surface area contributed by atoms with Crippen LogP contribution in [0.15, 0.2) is 30.6 Å². The lowest BCUT2D eigenvalue weighted by atomic mass is 9.92. The number of carbonyl (C=O) groups is 1. The quantitative estimate of drug-likeness (QED) is 0.678. The molecule has 9 heteroatoms. The molecule has 0 aliphatic carbocycles. The van der Waals surface area contributed by atoms with Gasteiger partial charge in [0.2, 0.25) is 5.91 Å². The zero-order valence-electron chi connectivity index (χ0n) is 17.9. The number of carbonyl (C=O) groups excluding carboxylic acids is 1. The van der Waals surface area contributed by atoms with E-state index in [4.69, 9.17) is 4.74 Å². The molecule has 4 rings (SSSR count). The summed E-state index contributed by atoms with van der Waals surface area (Å²) in [4.78, 5) is 17.2. The van der Waals surface area contributed by atoms with Gasteiger partial charge in [-0.3, -0.25) is 9.69 Å². The van der Waals surface area contributed by atoms with Gasteiger partial charge in [0.15, 0.2) is 17.4 Å². The number of hydrogen-bond acceptors (Lipinski definition) is 5. The Morgan fingerprint density at radius 2 is 1.69 bits per heavy atom. The maximum atomic E-state index is 13.7. The number of nitrogens with zero attached hydrogens (tertiary/aromatic N) is 4. The summed E-state index contributed by atoms with van der Waals surface area (Å²) < 4.78 is 45.8. The number of likely N-dealkylation sites (tertiary alicyclic amines) is 2. The maximum absolute atomic E-state index is 13.7. The molecule has 1 aromatic heterocycles. The molecule has 6 nitrogen and oxygen atoms in total. The van der Waals surface area contributed by atoms with Gasteiger partial charge < -0.3 is 9.64 Å². The summed E-state index contributed by atoms with van der Waals surface area (Å²) >= 11 is 0. The van der Waals surface area contributed by atoms with E-state index in [1.165, 1.54) is 0 Å². The SMILES string of the molecule is O=C(C1CCN(Cc2ccnnc2)CC1)N1CCC(COc2c(F)cc(F)cc2F)CC1. The van der Waals surface area contributed by atoms with Crippen molar-refractivity contribution in [3.8, 4) is 5.75 Å². The van der Waals surface area contributed by atoms with Gasteiger partial charge in [-0.25, -0.2) is 13.2 Å². The largest absolute Gasteiger partial charge is 0.487 e. The van der Waals surface area contributed by atoms with Crippen LogP contribution in [0.1, 0.15) is 31.2 Å². The van der Waals surface area contributed by atoms with E-state index in [0.29, 0.717) is 38.1 Å². The fourth-order valence-electron chi connectivity index (χ4n) is 4.45. The average molecular weight is 448 g/mol. The monoisotopic (exact) mass is 448 g/mol. The Labute approximate surface area is 185 Å². The third-order valence-electron chi connectivity index (χ3n) is 6.34. The van der Waals surface area contributed by atoms with Crippen LogP contribution in [-0.2, 0) is 11.3 Å². The summed E-state index contributed by atoms with van der Waals surface area (Å²) in [5, 5.41) is 7.70. The van der Waals surface area contributed by atoms with Gasteiger partial charge in [-0.15, -0.1) is 0 Å². The molecule has 2 aliphatic rings. The van der Waals surface area contributed by atoms with E-state index < -0.39 is 23.2 Å². The Hall–Kier alpha value is -2.68. The van der Waals surface area contributed by atoms with Crippen molar-refractivity contribution in [2.75, 3.05) is 32.8 Å². The Bertz CT molecular complexity index is 892. The van der Waals surface area contributed by atoms with Crippen LogP contribution < -0.4 is 4.74 Å². The van der Waals surface area contributed by atoms with Gasteiger partial charge in [0, 0.05) is 43.9 Å². The van der Waals surface area contributed by atoms with Crippen molar-refractivity contribution in [2.45, 2.75) is 32.2 Å². The topological polar surface area (TPSA) is 58.6 Å². The van der Waals surface area contributed by atoms with Crippen LogP contribution in [0.4, 0.5) is 13.2 Å². The lowest BCUT2D eigenvalue weighted by Gasteiger charge is -2.37. The van der Waals surface area contributed by atoms with Gasteiger partial charge in [-0.05, 0) is 56.3 Å². The molecule has 0 radical (unpaired) electrons. The number of benzene rings is 1. The van der Waals surface area contributed by atoms with Crippen molar-refractivity contribution in [3.05, 3.63) is 53.6 Å². The predicted molar refractivity (Wildman–Crippen MR) is 111 cm³/mol. The third kappa shape index (κ3) is 5.56. The lowest BCUT2D eigenvalue weighted by molar-refractivity contribution is -0.138. The zero-order valence-corrected chi connectivity index (χ0v) is 17.9. The first kappa shape index (κ1) is 22.5. The molecular weight excluding hydrogens is 421 g/mol. The minimum atomic E-state index is -1.04. The van der Waals surface area contributed by atoms with E-state index in [1.54, 1.807) is 12.4 Å². The molecule has 1 amide bonds. The summed E-state index contributed by atoms with van der Waals surface area (Å²) in [7, 11) is 0. The van der Waals surface area contributed by atoms with Gasteiger partial charge in [-0.2, -0.15) is 10.2 Å². The molecule has 172 valence electrons. The molecule has 0 atom stereocenters. The smallest absolute Gasteiger partial charge is 0.225 e. The number of piperidine rings is 2. The van der Waals surface area contributed by atoms with Gasteiger partial charge in [0.1, 0.15) is 5.82 Å². The molecular formula is C23H27F3N4O2. The van der Waals surface area contributed by atoms with E-state index >= 15 is 0 Å². The van der Waals surface area contributed by atoms with Gasteiger partial charge in [0.05, 0.1) is 12.8 Å². The van der Waals surface area contributed by atoms with Crippen molar-refractivity contribution in [3.63, 3.8) is 0 Å². The highest BCUT2D eigenvalue weighted by Crippen LogP contribution is 2.27. The molecule has 0 unspecified atom stereocenters.